The Morgan fingerprint density at radius 2 is 1.42 bits per heavy atom. The molecule has 0 bridgehead atoms. The van der Waals surface area contributed by atoms with Gasteiger partial charge in [0, 0.05) is 0 Å². The lowest BCUT2D eigenvalue weighted by Gasteiger charge is -2.14. The fourth-order valence-electron chi connectivity index (χ4n) is 2.63. The largest absolute Gasteiger partial charge is 0.481 e. The minimum Gasteiger partial charge on any atom is -0.481 e. The number of carboxylic acid groups (broad SMARTS) is 1. The Kier molecular flexibility index (Phi) is 7.44. The van der Waals surface area contributed by atoms with Crippen LogP contribution in [0, 0.1) is 0 Å². The fraction of sp³-hybridized carbons (Fsp3) is 0.174. The van der Waals surface area contributed by atoms with Crippen LogP contribution >= 0.6 is 0 Å². The summed E-state index contributed by atoms with van der Waals surface area (Å²) < 4.78 is 5.82. The number of rotatable bonds is 6. The molecule has 0 aliphatic carbocycles. The number of benzene rings is 3. The van der Waals surface area contributed by atoms with Gasteiger partial charge in [-0.05, 0) is 41.8 Å². The Labute approximate surface area is 154 Å². The smallest absolute Gasteiger partial charge is 0.311 e. The molecular weight excluding hydrogens is 324 g/mol. The van der Waals surface area contributed by atoms with Crippen LogP contribution in [0.2, 0.25) is 0 Å². The lowest BCUT2D eigenvalue weighted by molar-refractivity contribution is -0.138. The Bertz CT molecular complexity index is 798. The van der Waals surface area contributed by atoms with Crippen molar-refractivity contribution < 1.29 is 14.6 Å². The van der Waals surface area contributed by atoms with Crippen LogP contribution < -0.4 is 4.74 Å². The van der Waals surface area contributed by atoms with Crippen molar-refractivity contribution in [3.8, 4) is 11.5 Å². The zero-order chi connectivity index (χ0) is 18.8. The van der Waals surface area contributed by atoms with Crippen LogP contribution in [0.3, 0.4) is 0 Å². The molecule has 1 unspecified atom stereocenters. The van der Waals surface area contributed by atoms with E-state index in [0.717, 1.165) is 16.9 Å². The Morgan fingerprint density at radius 3 is 2.04 bits per heavy atom. The third-order valence-electron chi connectivity index (χ3n) is 3.82. The summed E-state index contributed by atoms with van der Waals surface area (Å²) in [6, 6.07) is 26.4. The van der Waals surface area contributed by atoms with Crippen molar-refractivity contribution in [2.45, 2.75) is 26.2 Å². The molecule has 0 amide bonds. The molecule has 1 atom stereocenters. The number of ether oxygens (including phenoxy) is 1. The van der Waals surface area contributed by atoms with Crippen LogP contribution in [-0.2, 0) is 11.2 Å². The number of hydrogen-bond donors (Lipinski definition) is 1. The summed E-state index contributed by atoms with van der Waals surface area (Å²) in [4.78, 5) is 11.6. The molecule has 3 aromatic rings. The summed E-state index contributed by atoms with van der Waals surface area (Å²) >= 11 is 0. The van der Waals surface area contributed by atoms with Gasteiger partial charge < -0.3 is 9.84 Å². The minimum absolute atomic E-state index is 0.422. The average molecular weight is 348 g/mol. The molecule has 0 fully saturated rings. The second-order valence-corrected chi connectivity index (χ2v) is 5.57. The van der Waals surface area contributed by atoms with Gasteiger partial charge in [-0.25, -0.2) is 0 Å². The number of carboxylic acids is 1. The normalized spacial score (nSPS) is 11.0. The van der Waals surface area contributed by atoms with Crippen LogP contribution in [0.1, 0.15) is 30.9 Å². The third kappa shape index (κ3) is 5.49. The van der Waals surface area contributed by atoms with Gasteiger partial charge in [0.05, 0.1) is 5.92 Å². The molecule has 26 heavy (non-hydrogen) atoms. The molecule has 3 heteroatoms. The summed E-state index contributed by atoms with van der Waals surface area (Å²) in [6.45, 7) is 4.00. The Balaban J connectivity index is 0.00000117. The average Bonchev–Trinajstić information content (AvgIpc) is 2.69. The van der Waals surface area contributed by atoms with Gasteiger partial charge in [-0.2, -0.15) is 0 Å². The molecule has 0 aliphatic heterocycles. The first-order valence-corrected chi connectivity index (χ1v) is 8.82. The monoisotopic (exact) mass is 348 g/mol. The number of hydrogen-bond acceptors (Lipinski definition) is 2. The molecule has 0 saturated heterocycles. The van der Waals surface area contributed by atoms with Crippen molar-refractivity contribution in [1.82, 2.24) is 0 Å². The molecule has 0 aliphatic rings. The van der Waals surface area contributed by atoms with E-state index in [0.29, 0.717) is 12.2 Å². The second-order valence-electron chi connectivity index (χ2n) is 5.57. The molecule has 0 radical (unpaired) electrons. The van der Waals surface area contributed by atoms with Crippen molar-refractivity contribution in [1.29, 1.82) is 0 Å². The van der Waals surface area contributed by atoms with E-state index in [1.165, 1.54) is 0 Å². The molecule has 0 saturated carbocycles. The van der Waals surface area contributed by atoms with E-state index in [-0.39, 0.29) is 0 Å². The summed E-state index contributed by atoms with van der Waals surface area (Å²) in [5.74, 6) is 0.0668. The zero-order valence-electron chi connectivity index (χ0n) is 15.1. The van der Waals surface area contributed by atoms with Crippen molar-refractivity contribution in [2.24, 2.45) is 0 Å². The minimum atomic E-state index is -0.824. The molecule has 3 aromatic carbocycles. The zero-order valence-corrected chi connectivity index (χ0v) is 15.1. The lowest BCUT2D eigenvalue weighted by Crippen LogP contribution is -2.14. The van der Waals surface area contributed by atoms with Crippen LogP contribution in [0.15, 0.2) is 84.9 Å². The van der Waals surface area contributed by atoms with Gasteiger partial charge in [0.25, 0.3) is 0 Å². The maximum Gasteiger partial charge on any atom is 0.311 e. The van der Waals surface area contributed by atoms with Gasteiger partial charge in [-0.15, -0.1) is 0 Å². The van der Waals surface area contributed by atoms with E-state index in [1.54, 1.807) is 0 Å². The molecule has 0 spiro atoms. The Hall–Kier alpha value is -3.07. The van der Waals surface area contributed by atoms with E-state index in [1.807, 2.05) is 98.8 Å². The lowest BCUT2D eigenvalue weighted by atomic mass is 9.92. The summed E-state index contributed by atoms with van der Waals surface area (Å²) in [6.07, 6.45) is 0.422. The molecule has 0 aromatic heterocycles. The molecule has 1 N–H and O–H groups in total. The van der Waals surface area contributed by atoms with Crippen LogP contribution in [0.25, 0.3) is 0 Å². The standard InChI is InChI=1S/C21H18O3.C2H6/c22-21(23)20(17-9-3-1-4-10-17)15-16-8-7-13-19(14-16)24-18-11-5-2-6-12-18;1-2/h1-14,20H,15H2,(H,22,23);1-2H3. The van der Waals surface area contributed by atoms with Gasteiger partial charge in [0.2, 0.25) is 0 Å². The van der Waals surface area contributed by atoms with E-state index in [2.05, 4.69) is 0 Å². The summed E-state index contributed by atoms with van der Waals surface area (Å²) in [7, 11) is 0. The number of carbonyl (C=O) groups is 1. The first kappa shape index (κ1) is 19.3. The van der Waals surface area contributed by atoms with Crippen molar-refractivity contribution in [3.05, 3.63) is 96.1 Å². The van der Waals surface area contributed by atoms with E-state index in [4.69, 9.17) is 4.74 Å². The fourth-order valence-corrected chi connectivity index (χ4v) is 2.63. The summed E-state index contributed by atoms with van der Waals surface area (Å²) in [5, 5.41) is 9.56. The first-order chi connectivity index (χ1) is 12.7. The molecule has 134 valence electrons. The van der Waals surface area contributed by atoms with Gasteiger partial charge >= 0.3 is 5.97 Å². The predicted octanol–water partition coefficient (Wildman–Crippen LogP) is 5.92. The third-order valence-corrected chi connectivity index (χ3v) is 3.82. The maximum atomic E-state index is 11.6. The van der Waals surface area contributed by atoms with E-state index >= 15 is 0 Å². The van der Waals surface area contributed by atoms with Crippen LogP contribution in [0.5, 0.6) is 11.5 Å². The Morgan fingerprint density at radius 1 is 0.846 bits per heavy atom. The highest BCUT2D eigenvalue weighted by atomic mass is 16.5. The second kappa shape index (κ2) is 10.0. The van der Waals surface area contributed by atoms with Crippen molar-refractivity contribution >= 4 is 5.97 Å². The predicted molar refractivity (Wildman–Crippen MR) is 105 cm³/mol. The first-order valence-electron chi connectivity index (χ1n) is 8.82. The number of aliphatic carboxylic acids is 1. The molecule has 0 heterocycles. The maximum absolute atomic E-state index is 11.6. The van der Waals surface area contributed by atoms with Gasteiger partial charge in [-0.3, -0.25) is 4.79 Å². The van der Waals surface area contributed by atoms with Gasteiger partial charge in [0.1, 0.15) is 11.5 Å². The topological polar surface area (TPSA) is 46.5 Å². The quantitative estimate of drug-likeness (QED) is 0.602. The highest BCUT2D eigenvalue weighted by molar-refractivity contribution is 5.76. The van der Waals surface area contributed by atoms with Gasteiger partial charge in [-0.1, -0.05) is 74.5 Å². The molecule has 3 rings (SSSR count). The van der Waals surface area contributed by atoms with Crippen molar-refractivity contribution in [3.63, 3.8) is 0 Å². The van der Waals surface area contributed by atoms with Crippen LogP contribution in [-0.4, -0.2) is 11.1 Å². The van der Waals surface area contributed by atoms with E-state index in [9.17, 15) is 9.90 Å². The van der Waals surface area contributed by atoms with Crippen molar-refractivity contribution in [2.75, 3.05) is 0 Å². The summed E-state index contributed by atoms with van der Waals surface area (Å²) in [5.41, 5.74) is 1.74. The SMILES string of the molecule is CC.O=C(O)C(Cc1cccc(Oc2ccccc2)c1)c1ccccc1. The highest BCUT2D eigenvalue weighted by Crippen LogP contribution is 2.26. The highest BCUT2D eigenvalue weighted by Gasteiger charge is 2.20. The molecular formula is C23H24O3. The van der Waals surface area contributed by atoms with Crippen LogP contribution in [0.4, 0.5) is 0 Å². The van der Waals surface area contributed by atoms with E-state index < -0.39 is 11.9 Å². The molecule has 3 nitrogen and oxygen atoms in total. The van der Waals surface area contributed by atoms with Gasteiger partial charge in [0.15, 0.2) is 0 Å². The number of para-hydroxylation sites is 1.